The monoisotopic (exact) mass is 437 g/mol. The lowest BCUT2D eigenvalue weighted by molar-refractivity contribution is -0.137. The van der Waals surface area contributed by atoms with Crippen molar-refractivity contribution in [2.75, 3.05) is 6.54 Å². The Labute approximate surface area is 189 Å². The third-order valence-electron chi connectivity index (χ3n) is 5.66. The second-order valence-corrected chi connectivity index (χ2v) is 8.01. The number of carboxylic acids is 1. The molecule has 2 unspecified atom stereocenters. The molecule has 1 heterocycles. The summed E-state index contributed by atoms with van der Waals surface area (Å²) in [6.45, 7) is 0.621. The van der Waals surface area contributed by atoms with Crippen LogP contribution in [0.4, 0.5) is 0 Å². The Bertz CT molecular complexity index is 897. The van der Waals surface area contributed by atoms with Crippen LogP contribution in [0, 0.1) is 0 Å². The molecule has 1 aliphatic heterocycles. The summed E-state index contributed by atoms with van der Waals surface area (Å²) in [7, 11) is 0. The summed E-state index contributed by atoms with van der Waals surface area (Å²) in [6, 6.07) is 18.8. The molecule has 6 heteroatoms. The Kier molecular flexibility index (Phi) is 8.87. The van der Waals surface area contributed by atoms with Gasteiger partial charge >= 0.3 is 5.97 Å². The first kappa shape index (κ1) is 23.5. The molecule has 2 aromatic rings. The maximum Gasteiger partial charge on any atom is 0.303 e. The molecule has 0 bridgehead atoms. The highest BCUT2D eigenvalue weighted by atomic mass is 16.6. The van der Waals surface area contributed by atoms with Crippen LogP contribution in [0.3, 0.4) is 0 Å². The third-order valence-corrected chi connectivity index (χ3v) is 5.66. The van der Waals surface area contributed by atoms with Gasteiger partial charge in [-0.15, -0.1) is 0 Å². The van der Waals surface area contributed by atoms with E-state index in [0.717, 1.165) is 30.4 Å². The van der Waals surface area contributed by atoms with E-state index in [1.165, 1.54) is 0 Å². The van der Waals surface area contributed by atoms with Crippen LogP contribution >= 0.6 is 0 Å². The summed E-state index contributed by atoms with van der Waals surface area (Å²) in [5, 5.41) is 19.4. The quantitative estimate of drug-likeness (QED) is 0.377. The molecule has 0 aromatic heterocycles. The zero-order chi connectivity index (χ0) is 22.8. The highest BCUT2D eigenvalue weighted by Gasteiger charge is 2.33. The van der Waals surface area contributed by atoms with Crippen molar-refractivity contribution in [3.8, 4) is 5.75 Å². The lowest BCUT2D eigenvalue weighted by atomic mass is 9.95. The number of nitrogens with zero attached hydrogens (tertiary/aromatic N) is 1. The molecule has 32 heavy (non-hydrogen) atoms. The summed E-state index contributed by atoms with van der Waals surface area (Å²) in [6.07, 6.45) is 5.12. The van der Waals surface area contributed by atoms with Gasteiger partial charge in [-0.3, -0.25) is 9.59 Å². The Morgan fingerprint density at radius 2 is 1.69 bits per heavy atom. The molecular weight excluding hydrogens is 406 g/mol. The van der Waals surface area contributed by atoms with E-state index >= 15 is 0 Å². The van der Waals surface area contributed by atoms with Crippen molar-refractivity contribution >= 4 is 17.4 Å². The van der Waals surface area contributed by atoms with Gasteiger partial charge in [0, 0.05) is 19.4 Å². The van der Waals surface area contributed by atoms with Crippen LogP contribution in [-0.4, -0.2) is 45.9 Å². The van der Waals surface area contributed by atoms with Gasteiger partial charge in [0.25, 0.3) is 0 Å². The van der Waals surface area contributed by atoms with E-state index in [0.29, 0.717) is 31.6 Å². The second-order valence-electron chi connectivity index (χ2n) is 8.01. The summed E-state index contributed by atoms with van der Waals surface area (Å²) in [5.74, 6) is -0.0843. The fourth-order valence-electron chi connectivity index (χ4n) is 4.11. The van der Waals surface area contributed by atoms with Crippen molar-refractivity contribution in [2.45, 2.75) is 57.3 Å². The Hall–Kier alpha value is -3.12. The number of unbranched alkanes of at least 4 members (excludes halogenated alkanes) is 3. The van der Waals surface area contributed by atoms with E-state index in [1.807, 2.05) is 53.4 Å². The predicted octanol–water partition coefficient (Wildman–Crippen LogP) is 4.49. The summed E-state index contributed by atoms with van der Waals surface area (Å²) in [4.78, 5) is 25.2. The first-order chi connectivity index (χ1) is 15.5. The molecule has 2 N–H and O–H groups in total. The number of para-hydroxylation sites is 1. The van der Waals surface area contributed by atoms with Gasteiger partial charge in [-0.05, 0) is 48.6 Å². The Morgan fingerprint density at radius 3 is 2.38 bits per heavy atom. The lowest BCUT2D eigenvalue weighted by Crippen LogP contribution is -2.35. The van der Waals surface area contributed by atoms with Gasteiger partial charge in [-0.2, -0.15) is 0 Å². The van der Waals surface area contributed by atoms with Crippen LogP contribution in [0.2, 0.25) is 0 Å². The first-order valence-electron chi connectivity index (χ1n) is 11.2. The van der Waals surface area contributed by atoms with Crippen molar-refractivity contribution in [3.63, 3.8) is 0 Å². The van der Waals surface area contributed by atoms with Gasteiger partial charge < -0.3 is 19.8 Å². The number of aliphatic carboxylic acids is 1. The van der Waals surface area contributed by atoms with Crippen LogP contribution in [0.25, 0.3) is 5.57 Å². The van der Waals surface area contributed by atoms with E-state index in [-0.39, 0.29) is 18.4 Å². The number of aliphatic hydroxyl groups excluding tert-OH is 1. The van der Waals surface area contributed by atoms with Gasteiger partial charge in [0.05, 0.1) is 6.04 Å². The fraction of sp³-hybridized carbons (Fsp3) is 0.385. The van der Waals surface area contributed by atoms with E-state index in [2.05, 4.69) is 0 Å². The molecule has 0 radical (unpaired) electrons. The number of aliphatic hydroxyl groups is 1. The number of rotatable bonds is 12. The number of carbonyl (C=O) groups excluding carboxylic acids is 1. The van der Waals surface area contributed by atoms with Gasteiger partial charge in [-0.1, -0.05) is 61.4 Å². The highest BCUT2D eigenvalue weighted by molar-refractivity contribution is 5.84. The van der Waals surface area contributed by atoms with Gasteiger partial charge in [-0.25, -0.2) is 0 Å². The normalized spacial score (nSPS) is 17.4. The first-order valence-corrected chi connectivity index (χ1v) is 11.2. The standard InChI is InChI=1S/C26H31NO5/c28-24-17-16-23(27(24)18-10-2-1-9-15-25(29)30)22(20-11-5-3-6-12-20)19-26(31)32-21-13-7-4-8-14-21/h3-8,11-14,19,23,26,31H,1-2,9-10,15-18H2,(H,29,30). The molecule has 2 aromatic carbocycles. The van der Waals surface area contributed by atoms with Crippen molar-refractivity contribution < 1.29 is 24.5 Å². The average Bonchev–Trinajstić information content (AvgIpc) is 3.15. The molecule has 6 nitrogen and oxygen atoms in total. The summed E-state index contributed by atoms with van der Waals surface area (Å²) in [5.41, 5.74) is 1.83. The van der Waals surface area contributed by atoms with E-state index in [9.17, 15) is 14.7 Å². The summed E-state index contributed by atoms with van der Waals surface area (Å²) >= 11 is 0. The molecule has 1 aliphatic rings. The number of carbonyl (C=O) groups is 2. The minimum absolute atomic E-state index is 0.112. The number of hydrogen-bond donors (Lipinski definition) is 2. The molecule has 0 aliphatic carbocycles. The third kappa shape index (κ3) is 6.95. The number of benzene rings is 2. The highest BCUT2D eigenvalue weighted by Crippen LogP contribution is 2.32. The van der Waals surface area contributed by atoms with Crippen molar-refractivity contribution in [1.29, 1.82) is 0 Å². The number of amides is 1. The van der Waals surface area contributed by atoms with Crippen LogP contribution in [0.5, 0.6) is 5.75 Å². The Balaban J connectivity index is 1.71. The van der Waals surface area contributed by atoms with Crippen molar-refractivity contribution in [1.82, 2.24) is 4.90 Å². The molecule has 3 rings (SSSR count). The minimum atomic E-state index is -1.14. The Morgan fingerprint density at radius 1 is 1.03 bits per heavy atom. The van der Waals surface area contributed by atoms with Crippen LogP contribution in [0.1, 0.15) is 50.5 Å². The van der Waals surface area contributed by atoms with Crippen LogP contribution in [-0.2, 0) is 9.59 Å². The summed E-state index contributed by atoms with van der Waals surface area (Å²) < 4.78 is 5.66. The maximum atomic E-state index is 12.6. The van der Waals surface area contributed by atoms with E-state index in [4.69, 9.17) is 9.84 Å². The molecule has 1 saturated heterocycles. The van der Waals surface area contributed by atoms with Crippen molar-refractivity contribution in [2.24, 2.45) is 0 Å². The largest absolute Gasteiger partial charge is 0.481 e. The number of carboxylic acid groups (broad SMARTS) is 1. The smallest absolute Gasteiger partial charge is 0.303 e. The zero-order valence-corrected chi connectivity index (χ0v) is 18.2. The number of likely N-dealkylation sites (tertiary alicyclic amines) is 1. The lowest BCUT2D eigenvalue weighted by Gasteiger charge is -2.28. The number of ether oxygens (including phenoxy) is 1. The molecule has 2 atom stereocenters. The maximum absolute atomic E-state index is 12.6. The molecule has 0 spiro atoms. The molecule has 1 fully saturated rings. The van der Waals surface area contributed by atoms with E-state index < -0.39 is 12.3 Å². The number of hydrogen-bond acceptors (Lipinski definition) is 4. The van der Waals surface area contributed by atoms with Crippen molar-refractivity contribution in [3.05, 3.63) is 72.3 Å². The fourth-order valence-corrected chi connectivity index (χ4v) is 4.11. The molecule has 0 saturated carbocycles. The zero-order valence-electron chi connectivity index (χ0n) is 18.2. The SMILES string of the molecule is O=C(O)CCCCCCN1C(=O)CCC1C(=CC(O)Oc1ccccc1)c1ccccc1. The van der Waals surface area contributed by atoms with Gasteiger partial charge in [0.15, 0.2) is 0 Å². The average molecular weight is 438 g/mol. The van der Waals surface area contributed by atoms with Gasteiger partial charge in [0.2, 0.25) is 12.2 Å². The topological polar surface area (TPSA) is 87.1 Å². The molecule has 170 valence electrons. The second kappa shape index (κ2) is 12.1. The molecule has 1 amide bonds. The minimum Gasteiger partial charge on any atom is -0.481 e. The predicted molar refractivity (Wildman–Crippen MR) is 123 cm³/mol. The van der Waals surface area contributed by atoms with Crippen LogP contribution < -0.4 is 4.74 Å². The molecular formula is C26H31NO5. The van der Waals surface area contributed by atoms with Crippen LogP contribution in [0.15, 0.2) is 66.7 Å². The van der Waals surface area contributed by atoms with Gasteiger partial charge in [0.1, 0.15) is 5.75 Å². The van der Waals surface area contributed by atoms with E-state index in [1.54, 1.807) is 18.2 Å².